The van der Waals surface area contributed by atoms with Gasteiger partial charge in [-0.15, -0.1) is 0 Å². The Bertz CT molecular complexity index is 650. The van der Waals surface area contributed by atoms with E-state index >= 15 is 0 Å². The molecule has 1 atom stereocenters. The van der Waals surface area contributed by atoms with Crippen molar-refractivity contribution in [1.82, 2.24) is 4.90 Å². The van der Waals surface area contributed by atoms with Gasteiger partial charge in [-0.3, -0.25) is 9.05 Å². The first-order chi connectivity index (χ1) is 18.6. The molecule has 1 heterocycles. The van der Waals surface area contributed by atoms with E-state index in [9.17, 15) is 14.3 Å². The molecule has 0 saturated carbocycles. The summed E-state index contributed by atoms with van der Waals surface area (Å²) in [5.74, 6) is 0.136. The van der Waals surface area contributed by atoms with Crippen LogP contribution in [0.2, 0.25) is 0 Å². The van der Waals surface area contributed by atoms with Gasteiger partial charge in [0.25, 0.3) is 0 Å². The molecule has 0 aromatic rings. The molecule has 8 nitrogen and oxygen atoms in total. The third-order valence-corrected chi connectivity index (χ3v) is 8.57. The van der Waals surface area contributed by atoms with E-state index in [4.69, 9.17) is 13.8 Å². The van der Waals surface area contributed by atoms with E-state index in [1.54, 1.807) is 4.90 Å². The Morgan fingerprint density at radius 1 is 0.769 bits per heavy atom. The third kappa shape index (κ3) is 21.7. The molecule has 1 saturated heterocycles. The zero-order valence-corrected chi connectivity index (χ0v) is 26.8. The number of hydrogen-bond acceptors (Lipinski definition) is 5. The lowest BCUT2D eigenvalue weighted by Gasteiger charge is -2.31. The fourth-order valence-electron chi connectivity index (χ4n) is 4.85. The number of likely N-dealkylation sites (tertiary alicyclic amines) is 1. The standard InChI is InChI=1S/C30H61N2O6P/c1-5-6-7-8-9-10-11-12-13-14-15-16-17-18-19-20-26-36-30(33)31-23-21-29(22-24-31)28-38-39(34,35)37-27-25-32(2,3)4/h29H,5-28H2,1-4H3/p+1. The molecule has 1 unspecified atom stereocenters. The Balaban J connectivity index is 1.92. The van der Waals surface area contributed by atoms with Gasteiger partial charge in [0.05, 0.1) is 34.4 Å². The van der Waals surface area contributed by atoms with Crippen molar-refractivity contribution in [2.75, 3.05) is 60.6 Å². The summed E-state index contributed by atoms with van der Waals surface area (Å²) in [5, 5.41) is 0. The average molecular weight is 578 g/mol. The zero-order chi connectivity index (χ0) is 28.8. The van der Waals surface area contributed by atoms with E-state index < -0.39 is 7.82 Å². The van der Waals surface area contributed by atoms with Gasteiger partial charge < -0.3 is 19.0 Å². The van der Waals surface area contributed by atoms with Gasteiger partial charge in [0, 0.05) is 13.1 Å². The van der Waals surface area contributed by atoms with Crippen molar-refractivity contribution in [2.45, 2.75) is 122 Å². The molecule has 232 valence electrons. The monoisotopic (exact) mass is 577 g/mol. The topological polar surface area (TPSA) is 85.3 Å². The first kappa shape index (κ1) is 36.4. The fourth-order valence-corrected chi connectivity index (χ4v) is 5.64. The number of hydrogen-bond donors (Lipinski definition) is 1. The van der Waals surface area contributed by atoms with Gasteiger partial charge in [0.1, 0.15) is 13.2 Å². The highest BCUT2D eigenvalue weighted by Gasteiger charge is 2.28. The van der Waals surface area contributed by atoms with Crippen molar-refractivity contribution in [3.63, 3.8) is 0 Å². The number of rotatable bonds is 24. The molecular formula is C30H62N2O6P+. The summed E-state index contributed by atoms with van der Waals surface area (Å²) < 4.78 is 28.5. The summed E-state index contributed by atoms with van der Waals surface area (Å²) in [7, 11) is 1.94. The molecule has 1 rings (SSSR count). The van der Waals surface area contributed by atoms with Crippen LogP contribution in [0.15, 0.2) is 0 Å². The summed E-state index contributed by atoms with van der Waals surface area (Å²) >= 11 is 0. The van der Waals surface area contributed by atoms with Crippen LogP contribution in [0.3, 0.4) is 0 Å². The maximum Gasteiger partial charge on any atom is 0.472 e. The summed E-state index contributed by atoms with van der Waals surface area (Å²) in [6.45, 7) is 4.89. The van der Waals surface area contributed by atoms with Crippen LogP contribution in [-0.4, -0.2) is 81.0 Å². The van der Waals surface area contributed by atoms with E-state index in [1.165, 1.54) is 89.9 Å². The van der Waals surface area contributed by atoms with Crippen molar-refractivity contribution in [3.8, 4) is 0 Å². The van der Waals surface area contributed by atoms with Gasteiger partial charge in [0.2, 0.25) is 0 Å². The normalized spacial score (nSPS) is 16.4. The van der Waals surface area contributed by atoms with Gasteiger partial charge in [0.15, 0.2) is 0 Å². The summed E-state index contributed by atoms with van der Waals surface area (Å²) in [6, 6.07) is 0. The number of unbranched alkanes of at least 4 members (excludes halogenated alkanes) is 15. The highest BCUT2D eigenvalue weighted by molar-refractivity contribution is 7.47. The predicted molar refractivity (Wildman–Crippen MR) is 160 cm³/mol. The molecule has 0 aliphatic carbocycles. The van der Waals surface area contributed by atoms with Gasteiger partial charge in [-0.25, -0.2) is 9.36 Å². The highest BCUT2D eigenvalue weighted by atomic mass is 31.2. The predicted octanol–water partition coefficient (Wildman–Crippen LogP) is 7.94. The van der Waals surface area contributed by atoms with Crippen LogP contribution >= 0.6 is 7.82 Å². The van der Waals surface area contributed by atoms with E-state index in [-0.39, 0.29) is 25.2 Å². The second-order valence-corrected chi connectivity index (χ2v) is 13.9. The number of phosphoric acid groups is 1. The number of nitrogens with zero attached hydrogens (tertiary/aromatic N) is 2. The molecule has 0 spiro atoms. The van der Waals surface area contributed by atoms with Gasteiger partial charge >= 0.3 is 13.9 Å². The number of phosphoric ester groups is 1. The number of carbonyl (C=O) groups is 1. The largest absolute Gasteiger partial charge is 0.472 e. The number of carbonyl (C=O) groups excluding carboxylic acids is 1. The van der Waals surface area contributed by atoms with Crippen LogP contribution < -0.4 is 0 Å². The van der Waals surface area contributed by atoms with Crippen LogP contribution in [0.5, 0.6) is 0 Å². The number of quaternary nitrogens is 1. The molecular weight excluding hydrogens is 515 g/mol. The van der Waals surface area contributed by atoms with Gasteiger partial charge in [-0.1, -0.05) is 103 Å². The van der Waals surface area contributed by atoms with Crippen molar-refractivity contribution >= 4 is 13.9 Å². The maximum absolute atomic E-state index is 12.3. The highest BCUT2D eigenvalue weighted by Crippen LogP contribution is 2.44. The second-order valence-electron chi connectivity index (χ2n) is 12.5. The van der Waals surface area contributed by atoms with Crippen LogP contribution in [0.4, 0.5) is 4.79 Å². The lowest BCUT2D eigenvalue weighted by atomic mass is 9.98. The number of likely N-dealkylation sites (N-methyl/N-ethyl adjacent to an activating group) is 1. The quantitative estimate of drug-likeness (QED) is 0.0712. The van der Waals surface area contributed by atoms with Crippen molar-refractivity contribution in [3.05, 3.63) is 0 Å². The molecule has 0 aromatic carbocycles. The molecule has 9 heteroatoms. The van der Waals surface area contributed by atoms with E-state index in [1.807, 2.05) is 21.1 Å². The number of piperidine rings is 1. The maximum atomic E-state index is 12.3. The lowest BCUT2D eigenvalue weighted by Crippen LogP contribution is -2.39. The minimum Gasteiger partial charge on any atom is -0.449 e. The lowest BCUT2D eigenvalue weighted by molar-refractivity contribution is -0.870. The van der Waals surface area contributed by atoms with Crippen molar-refractivity contribution in [2.24, 2.45) is 5.92 Å². The van der Waals surface area contributed by atoms with Crippen LogP contribution in [0.1, 0.15) is 122 Å². The minimum atomic E-state index is -4.04. The number of amides is 1. The molecule has 1 amide bonds. The zero-order valence-electron chi connectivity index (χ0n) is 25.9. The molecule has 1 fully saturated rings. The molecule has 0 radical (unpaired) electrons. The Morgan fingerprint density at radius 2 is 1.23 bits per heavy atom. The Hall–Kier alpha value is -0.660. The second kappa shape index (κ2) is 22.0. The molecule has 39 heavy (non-hydrogen) atoms. The Labute approximate surface area is 240 Å². The first-order valence-corrected chi connectivity index (χ1v) is 17.5. The fraction of sp³-hybridized carbons (Fsp3) is 0.967. The molecule has 1 aliphatic heterocycles. The third-order valence-electron chi connectivity index (χ3n) is 7.59. The van der Waals surface area contributed by atoms with Crippen LogP contribution in [0.25, 0.3) is 0 Å². The van der Waals surface area contributed by atoms with Crippen LogP contribution in [-0.2, 0) is 18.3 Å². The van der Waals surface area contributed by atoms with E-state index in [0.717, 1.165) is 25.7 Å². The summed E-state index contributed by atoms with van der Waals surface area (Å²) in [4.78, 5) is 24.0. The Kier molecular flexibility index (Phi) is 20.5. The van der Waals surface area contributed by atoms with E-state index in [2.05, 4.69) is 6.92 Å². The van der Waals surface area contributed by atoms with Gasteiger partial charge in [-0.05, 0) is 25.2 Å². The van der Waals surface area contributed by atoms with Crippen molar-refractivity contribution in [1.29, 1.82) is 0 Å². The number of ether oxygens (including phenoxy) is 1. The van der Waals surface area contributed by atoms with E-state index in [0.29, 0.717) is 30.7 Å². The van der Waals surface area contributed by atoms with Crippen molar-refractivity contribution < 1.29 is 32.5 Å². The minimum absolute atomic E-state index is 0.136. The first-order valence-electron chi connectivity index (χ1n) is 16.0. The molecule has 1 aliphatic rings. The SMILES string of the molecule is CCCCCCCCCCCCCCCCCCOC(=O)N1CCC(COP(=O)(O)OCC[N+](C)(C)C)CC1. The summed E-state index contributed by atoms with van der Waals surface area (Å²) in [5.41, 5.74) is 0. The molecule has 0 aromatic heterocycles. The van der Waals surface area contributed by atoms with Gasteiger partial charge in [-0.2, -0.15) is 0 Å². The smallest absolute Gasteiger partial charge is 0.449 e. The Morgan fingerprint density at radius 3 is 1.69 bits per heavy atom. The van der Waals surface area contributed by atoms with Crippen LogP contribution in [0, 0.1) is 5.92 Å². The molecule has 1 N–H and O–H groups in total. The summed E-state index contributed by atoms with van der Waals surface area (Å²) in [6.07, 6.45) is 22.4. The molecule has 0 bridgehead atoms. The average Bonchev–Trinajstić information content (AvgIpc) is 2.88.